The molecule has 2 aromatic carbocycles. The molecule has 0 spiro atoms. The van der Waals surface area contributed by atoms with E-state index in [-0.39, 0.29) is 35.1 Å². The first kappa shape index (κ1) is 21.6. The number of likely N-dealkylation sites (tertiary alicyclic amines) is 1. The van der Waals surface area contributed by atoms with Crippen molar-refractivity contribution in [1.29, 1.82) is 0 Å². The predicted molar refractivity (Wildman–Crippen MR) is 115 cm³/mol. The summed E-state index contributed by atoms with van der Waals surface area (Å²) in [5.41, 5.74) is 0.983. The molecule has 0 radical (unpaired) electrons. The van der Waals surface area contributed by atoms with Gasteiger partial charge in [-0.05, 0) is 29.8 Å². The van der Waals surface area contributed by atoms with E-state index in [9.17, 15) is 13.2 Å². The van der Waals surface area contributed by atoms with Crippen molar-refractivity contribution in [2.24, 2.45) is 0 Å². The Balaban J connectivity index is 1.43. The molecule has 2 aliphatic rings. The standard InChI is InChI=1S/C23H27NO6S/c1-28-21-8-7-17(13-22(21)30-19-9-11-29-16-19)18-14-23(25)24(15-18)10-12-31(26,27)20-5-3-2-4-6-20/h2-8,13,18-19H,9-12,14-16H2,1H3/t18-,19-/m1/s1. The lowest BCUT2D eigenvalue weighted by Gasteiger charge is -2.19. The summed E-state index contributed by atoms with van der Waals surface area (Å²) in [5, 5.41) is 0. The molecule has 2 aliphatic heterocycles. The van der Waals surface area contributed by atoms with E-state index in [0.29, 0.717) is 37.7 Å². The lowest BCUT2D eigenvalue weighted by atomic mass is 9.98. The van der Waals surface area contributed by atoms with Crippen molar-refractivity contribution in [3.05, 3.63) is 54.1 Å². The van der Waals surface area contributed by atoms with Gasteiger partial charge in [-0.25, -0.2) is 8.42 Å². The van der Waals surface area contributed by atoms with Gasteiger partial charge in [-0.15, -0.1) is 0 Å². The van der Waals surface area contributed by atoms with Crippen molar-refractivity contribution in [2.45, 2.75) is 29.8 Å². The maximum absolute atomic E-state index is 12.6. The zero-order valence-corrected chi connectivity index (χ0v) is 18.3. The van der Waals surface area contributed by atoms with Crippen molar-refractivity contribution < 1.29 is 27.4 Å². The van der Waals surface area contributed by atoms with Gasteiger partial charge in [0.05, 0.1) is 31.0 Å². The molecule has 0 aromatic heterocycles. The van der Waals surface area contributed by atoms with E-state index < -0.39 is 9.84 Å². The van der Waals surface area contributed by atoms with E-state index in [4.69, 9.17) is 14.2 Å². The number of carbonyl (C=O) groups is 1. The second-order valence-electron chi connectivity index (χ2n) is 7.89. The topological polar surface area (TPSA) is 82.1 Å². The van der Waals surface area contributed by atoms with Crippen molar-refractivity contribution in [3.8, 4) is 11.5 Å². The maximum Gasteiger partial charge on any atom is 0.223 e. The first-order chi connectivity index (χ1) is 15.0. The highest BCUT2D eigenvalue weighted by Gasteiger charge is 2.32. The maximum atomic E-state index is 12.6. The molecule has 2 aromatic rings. The molecular weight excluding hydrogens is 418 g/mol. The normalized spacial score (nSPS) is 21.5. The molecule has 166 valence electrons. The molecule has 0 saturated carbocycles. The van der Waals surface area contributed by atoms with E-state index in [1.165, 1.54) is 0 Å². The van der Waals surface area contributed by atoms with E-state index in [1.807, 2.05) is 18.2 Å². The Morgan fingerprint density at radius 1 is 1.13 bits per heavy atom. The lowest BCUT2D eigenvalue weighted by molar-refractivity contribution is -0.127. The molecule has 0 aliphatic carbocycles. The minimum Gasteiger partial charge on any atom is -0.493 e. The Bertz CT molecular complexity index is 1020. The minimum atomic E-state index is -3.42. The first-order valence-corrected chi connectivity index (χ1v) is 12.1. The van der Waals surface area contributed by atoms with Gasteiger partial charge in [-0.2, -0.15) is 0 Å². The number of ether oxygens (including phenoxy) is 3. The number of hydrogen-bond donors (Lipinski definition) is 0. The third-order valence-corrected chi connectivity index (χ3v) is 7.50. The van der Waals surface area contributed by atoms with Crippen LogP contribution >= 0.6 is 0 Å². The minimum absolute atomic E-state index is 0.00551. The SMILES string of the molecule is COc1ccc([C@@H]2CC(=O)N(CCS(=O)(=O)c3ccccc3)C2)cc1O[C@@H]1CCOC1. The monoisotopic (exact) mass is 445 g/mol. The number of benzene rings is 2. The van der Waals surface area contributed by atoms with Crippen LogP contribution in [0.5, 0.6) is 11.5 Å². The van der Waals surface area contributed by atoms with Crippen molar-refractivity contribution in [3.63, 3.8) is 0 Å². The number of nitrogens with zero attached hydrogens (tertiary/aromatic N) is 1. The van der Waals surface area contributed by atoms with E-state index in [0.717, 1.165) is 12.0 Å². The molecule has 0 bridgehead atoms. The lowest BCUT2D eigenvalue weighted by Crippen LogP contribution is -2.30. The fourth-order valence-corrected chi connectivity index (χ4v) is 5.28. The Labute approximate surface area is 182 Å². The summed E-state index contributed by atoms with van der Waals surface area (Å²) in [7, 11) is -1.83. The fraction of sp³-hybridized carbons (Fsp3) is 0.435. The van der Waals surface area contributed by atoms with Gasteiger partial charge < -0.3 is 19.1 Å². The van der Waals surface area contributed by atoms with Crippen LogP contribution in [0.15, 0.2) is 53.4 Å². The van der Waals surface area contributed by atoms with Crippen LogP contribution in [0.1, 0.15) is 24.3 Å². The summed E-state index contributed by atoms with van der Waals surface area (Å²) >= 11 is 0. The van der Waals surface area contributed by atoms with Gasteiger partial charge >= 0.3 is 0 Å². The van der Waals surface area contributed by atoms with Gasteiger partial charge in [0.15, 0.2) is 21.3 Å². The third-order valence-electron chi connectivity index (χ3n) is 5.79. The number of rotatable bonds is 8. The van der Waals surface area contributed by atoms with Crippen LogP contribution in [-0.2, 0) is 19.4 Å². The highest BCUT2D eigenvalue weighted by molar-refractivity contribution is 7.91. The fourth-order valence-electron chi connectivity index (χ4n) is 4.01. The molecule has 2 saturated heterocycles. The quantitative estimate of drug-likeness (QED) is 0.621. The summed E-state index contributed by atoms with van der Waals surface area (Å²) in [6.07, 6.45) is 1.18. The van der Waals surface area contributed by atoms with Crippen molar-refractivity contribution >= 4 is 15.7 Å². The van der Waals surface area contributed by atoms with Crippen LogP contribution in [0.2, 0.25) is 0 Å². The Hall–Kier alpha value is -2.58. The molecule has 2 fully saturated rings. The van der Waals surface area contributed by atoms with Gasteiger partial charge in [0.25, 0.3) is 0 Å². The molecule has 0 unspecified atom stereocenters. The van der Waals surface area contributed by atoms with Crippen LogP contribution < -0.4 is 9.47 Å². The van der Waals surface area contributed by atoms with Crippen LogP contribution in [-0.4, -0.2) is 64.5 Å². The smallest absolute Gasteiger partial charge is 0.223 e. The summed E-state index contributed by atoms with van der Waals surface area (Å²) in [6, 6.07) is 14.1. The van der Waals surface area contributed by atoms with Gasteiger partial charge in [0, 0.05) is 31.8 Å². The second kappa shape index (κ2) is 9.28. The van der Waals surface area contributed by atoms with Gasteiger partial charge in [-0.3, -0.25) is 4.79 Å². The van der Waals surface area contributed by atoms with Crippen LogP contribution in [0, 0.1) is 0 Å². The number of methoxy groups -OCH3 is 1. The molecule has 1 amide bonds. The van der Waals surface area contributed by atoms with Crippen LogP contribution in [0.3, 0.4) is 0 Å². The first-order valence-electron chi connectivity index (χ1n) is 10.4. The van der Waals surface area contributed by atoms with E-state index in [2.05, 4.69) is 0 Å². The number of sulfone groups is 1. The summed E-state index contributed by atoms with van der Waals surface area (Å²) in [5.74, 6) is 1.16. The van der Waals surface area contributed by atoms with Crippen molar-refractivity contribution in [2.75, 3.05) is 39.2 Å². The van der Waals surface area contributed by atoms with E-state index >= 15 is 0 Å². The summed E-state index contributed by atoms with van der Waals surface area (Å²) in [4.78, 5) is 14.5. The van der Waals surface area contributed by atoms with Gasteiger partial charge in [0.2, 0.25) is 5.91 Å². The third kappa shape index (κ3) is 5.02. The Morgan fingerprint density at radius 3 is 2.65 bits per heavy atom. The molecule has 4 rings (SSSR count). The van der Waals surface area contributed by atoms with Gasteiger partial charge in [-0.1, -0.05) is 24.3 Å². The van der Waals surface area contributed by atoms with E-state index in [1.54, 1.807) is 42.3 Å². The molecule has 8 heteroatoms. The largest absolute Gasteiger partial charge is 0.493 e. The summed E-state index contributed by atoms with van der Waals surface area (Å²) in [6.45, 7) is 1.91. The van der Waals surface area contributed by atoms with Crippen LogP contribution in [0.4, 0.5) is 0 Å². The highest BCUT2D eigenvalue weighted by Crippen LogP contribution is 2.36. The Morgan fingerprint density at radius 2 is 1.94 bits per heavy atom. The molecule has 2 heterocycles. The summed E-state index contributed by atoms with van der Waals surface area (Å²) < 4.78 is 42.0. The van der Waals surface area contributed by atoms with Crippen molar-refractivity contribution in [1.82, 2.24) is 4.90 Å². The zero-order valence-electron chi connectivity index (χ0n) is 17.5. The van der Waals surface area contributed by atoms with Crippen LogP contribution in [0.25, 0.3) is 0 Å². The average molecular weight is 446 g/mol. The zero-order chi connectivity index (χ0) is 21.8. The molecule has 31 heavy (non-hydrogen) atoms. The Kier molecular flexibility index (Phi) is 6.48. The second-order valence-corrected chi connectivity index (χ2v) is 10.00. The number of hydrogen-bond acceptors (Lipinski definition) is 6. The predicted octanol–water partition coefficient (Wildman–Crippen LogP) is 2.65. The highest BCUT2D eigenvalue weighted by atomic mass is 32.2. The number of carbonyl (C=O) groups excluding carboxylic acids is 1. The molecular formula is C23H27NO6S. The average Bonchev–Trinajstić information content (AvgIpc) is 3.42. The molecule has 2 atom stereocenters. The molecule has 7 nitrogen and oxygen atoms in total. The van der Waals surface area contributed by atoms with Gasteiger partial charge in [0.1, 0.15) is 6.10 Å². The number of amides is 1. The molecule has 0 N–H and O–H groups in total.